The van der Waals surface area contributed by atoms with E-state index in [0.29, 0.717) is 6.04 Å². The molecule has 0 radical (unpaired) electrons. The molecule has 3 rings (SSSR count). The van der Waals surface area contributed by atoms with Crippen LogP contribution in [-0.2, 0) is 11.2 Å². The molecule has 3 heteroatoms. The number of nitrogens with one attached hydrogen (secondary N) is 2. The van der Waals surface area contributed by atoms with Crippen LogP contribution in [0.15, 0.2) is 60.7 Å². The summed E-state index contributed by atoms with van der Waals surface area (Å²) in [6, 6.07) is 21.1. The van der Waals surface area contributed by atoms with Crippen molar-refractivity contribution in [2.45, 2.75) is 38.3 Å². The molecule has 1 fully saturated rings. The summed E-state index contributed by atoms with van der Waals surface area (Å²) >= 11 is 0. The van der Waals surface area contributed by atoms with Gasteiger partial charge in [0.2, 0.25) is 5.91 Å². The lowest BCUT2D eigenvalue weighted by molar-refractivity contribution is -0.126. The van der Waals surface area contributed by atoms with E-state index >= 15 is 0 Å². The molecule has 2 aromatic carbocycles. The predicted octanol–water partition coefficient (Wildman–Crippen LogP) is 3.47. The summed E-state index contributed by atoms with van der Waals surface area (Å²) in [4.78, 5) is 12.8. The lowest BCUT2D eigenvalue weighted by Crippen LogP contribution is -2.43. The summed E-state index contributed by atoms with van der Waals surface area (Å²) in [6.45, 7) is 3.08. The van der Waals surface area contributed by atoms with Crippen LogP contribution in [0.1, 0.15) is 36.9 Å². The van der Waals surface area contributed by atoms with Crippen molar-refractivity contribution < 1.29 is 4.79 Å². The molecule has 1 aliphatic heterocycles. The van der Waals surface area contributed by atoms with Gasteiger partial charge >= 0.3 is 0 Å². The molecule has 0 saturated carbocycles. The number of carbonyl (C=O) groups excluding carboxylic acids is 1. The number of hydrogen-bond donors (Lipinski definition) is 2. The second-order valence-corrected chi connectivity index (χ2v) is 6.74. The molecule has 0 aliphatic carbocycles. The zero-order valence-corrected chi connectivity index (χ0v) is 14.2. The average Bonchev–Trinajstić information content (AvgIpc) is 2.63. The van der Waals surface area contributed by atoms with Gasteiger partial charge in [-0.05, 0) is 43.9 Å². The van der Waals surface area contributed by atoms with Gasteiger partial charge in [-0.2, -0.15) is 0 Å². The smallest absolute Gasteiger partial charge is 0.223 e. The molecule has 3 nitrogen and oxygen atoms in total. The Morgan fingerprint density at radius 2 is 1.79 bits per heavy atom. The number of benzene rings is 2. The van der Waals surface area contributed by atoms with Gasteiger partial charge in [0.15, 0.2) is 0 Å². The van der Waals surface area contributed by atoms with Crippen LogP contribution < -0.4 is 10.6 Å². The minimum atomic E-state index is 0.0197. The van der Waals surface area contributed by atoms with Crippen molar-refractivity contribution >= 4 is 5.91 Å². The summed E-state index contributed by atoms with van der Waals surface area (Å²) in [6.07, 6.45) is 2.65. The van der Waals surface area contributed by atoms with Crippen LogP contribution in [0.2, 0.25) is 0 Å². The molecule has 24 heavy (non-hydrogen) atoms. The molecule has 1 heterocycles. The van der Waals surface area contributed by atoms with E-state index in [-0.39, 0.29) is 17.9 Å². The number of piperidine rings is 1. The third-order valence-corrected chi connectivity index (χ3v) is 4.80. The molecule has 2 aromatic rings. The van der Waals surface area contributed by atoms with Crippen LogP contribution in [0.3, 0.4) is 0 Å². The average molecular weight is 322 g/mol. The van der Waals surface area contributed by atoms with Crippen LogP contribution in [0.25, 0.3) is 0 Å². The molecule has 0 aromatic heterocycles. The topological polar surface area (TPSA) is 41.1 Å². The summed E-state index contributed by atoms with van der Waals surface area (Å²) < 4.78 is 0. The van der Waals surface area contributed by atoms with Gasteiger partial charge in [-0.1, -0.05) is 60.7 Å². The summed E-state index contributed by atoms with van der Waals surface area (Å²) in [5.74, 6) is 0.302. The van der Waals surface area contributed by atoms with Crippen molar-refractivity contribution in [3.8, 4) is 0 Å². The van der Waals surface area contributed by atoms with Gasteiger partial charge in [-0.15, -0.1) is 0 Å². The zero-order valence-electron chi connectivity index (χ0n) is 14.2. The minimum Gasteiger partial charge on any atom is -0.349 e. The van der Waals surface area contributed by atoms with E-state index in [1.54, 1.807) is 0 Å². The molecule has 1 amide bonds. The van der Waals surface area contributed by atoms with E-state index in [1.807, 2.05) is 36.4 Å². The highest BCUT2D eigenvalue weighted by Crippen LogP contribution is 2.22. The first-order chi connectivity index (χ1) is 11.7. The molecule has 3 atom stereocenters. The third kappa shape index (κ3) is 4.45. The van der Waals surface area contributed by atoms with E-state index in [9.17, 15) is 4.79 Å². The van der Waals surface area contributed by atoms with Crippen LogP contribution in [0, 0.1) is 5.92 Å². The molecular formula is C21H26N2O. The van der Waals surface area contributed by atoms with Crippen molar-refractivity contribution in [1.29, 1.82) is 0 Å². The summed E-state index contributed by atoms with van der Waals surface area (Å²) in [7, 11) is 0. The fourth-order valence-electron chi connectivity index (χ4n) is 3.45. The van der Waals surface area contributed by atoms with Gasteiger partial charge in [0, 0.05) is 12.0 Å². The Bertz CT molecular complexity index is 641. The maximum Gasteiger partial charge on any atom is 0.223 e. The Kier molecular flexibility index (Phi) is 5.65. The highest BCUT2D eigenvalue weighted by molar-refractivity contribution is 5.79. The van der Waals surface area contributed by atoms with Crippen LogP contribution in [0.5, 0.6) is 0 Å². The Hall–Kier alpha value is -2.13. The minimum absolute atomic E-state index is 0.0197. The first-order valence-electron chi connectivity index (χ1n) is 8.85. The quantitative estimate of drug-likeness (QED) is 0.885. The van der Waals surface area contributed by atoms with Crippen molar-refractivity contribution in [3.05, 3.63) is 71.8 Å². The van der Waals surface area contributed by atoms with Gasteiger partial charge in [0.1, 0.15) is 0 Å². The van der Waals surface area contributed by atoms with Crippen LogP contribution in [-0.4, -0.2) is 18.5 Å². The molecule has 1 aliphatic rings. The van der Waals surface area contributed by atoms with E-state index in [4.69, 9.17) is 0 Å². The number of carbonyl (C=O) groups is 1. The van der Waals surface area contributed by atoms with Crippen molar-refractivity contribution in [2.75, 3.05) is 6.54 Å². The van der Waals surface area contributed by atoms with Gasteiger partial charge in [-0.25, -0.2) is 0 Å². The SMILES string of the molecule is C[C@H]1C[C@@H](C(=O)NC(Cc2ccccc2)c2ccccc2)CCN1. The molecule has 2 N–H and O–H groups in total. The predicted molar refractivity (Wildman–Crippen MR) is 97.7 cm³/mol. The zero-order chi connectivity index (χ0) is 16.8. The van der Waals surface area contributed by atoms with E-state index in [1.165, 1.54) is 5.56 Å². The summed E-state index contributed by atoms with van der Waals surface area (Å²) in [5, 5.41) is 6.72. The highest BCUT2D eigenvalue weighted by atomic mass is 16.1. The molecule has 0 spiro atoms. The first-order valence-corrected chi connectivity index (χ1v) is 8.85. The highest BCUT2D eigenvalue weighted by Gasteiger charge is 2.26. The molecule has 1 unspecified atom stereocenters. The van der Waals surface area contributed by atoms with E-state index < -0.39 is 0 Å². The lowest BCUT2D eigenvalue weighted by Gasteiger charge is -2.29. The maximum absolute atomic E-state index is 12.8. The van der Waals surface area contributed by atoms with E-state index in [2.05, 4.69) is 41.8 Å². The number of rotatable bonds is 5. The maximum atomic E-state index is 12.8. The van der Waals surface area contributed by atoms with Gasteiger partial charge in [-0.3, -0.25) is 4.79 Å². The van der Waals surface area contributed by atoms with Crippen LogP contribution in [0.4, 0.5) is 0 Å². The summed E-state index contributed by atoms with van der Waals surface area (Å²) in [5.41, 5.74) is 2.40. The van der Waals surface area contributed by atoms with Gasteiger partial charge < -0.3 is 10.6 Å². The van der Waals surface area contributed by atoms with Crippen molar-refractivity contribution in [2.24, 2.45) is 5.92 Å². The lowest BCUT2D eigenvalue weighted by atomic mass is 9.91. The Labute approximate surface area is 144 Å². The largest absolute Gasteiger partial charge is 0.349 e. The van der Waals surface area contributed by atoms with E-state index in [0.717, 1.165) is 31.4 Å². The molecular weight excluding hydrogens is 296 g/mol. The second kappa shape index (κ2) is 8.11. The fraction of sp³-hybridized carbons (Fsp3) is 0.381. The Morgan fingerprint density at radius 3 is 2.46 bits per heavy atom. The third-order valence-electron chi connectivity index (χ3n) is 4.80. The Morgan fingerprint density at radius 1 is 1.12 bits per heavy atom. The number of hydrogen-bond acceptors (Lipinski definition) is 2. The van der Waals surface area contributed by atoms with Crippen molar-refractivity contribution in [1.82, 2.24) is 10.6 Å². The van der Waals surface area contributed by atoms with Crippen molar-refractivity contribution in [3.63, 3.8) is 0 Å². The van der Waals surface area contributed by atoms with Crippen LogP contribution >= 0.6 is 0 Å². The second-order valence-electron chi connectivity index (χ2n) is 6.74. The molecule has 126 valence electrons. The molecule has 0 bridgehead atoms. The first kappa shape index (κ1) is 16.7. The monoisotopic (exact) mass is 322 g/mol. The number of amides is 1. The fourth-order valence-corrected chi connectivity index (χ4v) is 3.45. The molecule has 1 saturated heterocycles. The Balaban J connectivity index is 1.73. The normalized spacial score (nSPS) is 21.9. The van der Waals surface area contributed by atoms with Gasteiger partial charge in [0.25, 0.3) is 0 Å². The standard InChI is InChI=1S/C21H26N2O/c1-16-14-19(12-13-22-16)21(24)23-20(18-10-6-3-7-11-18)15-17-8-4-2-5-9-17/h2-11,16,19-20,22H,12-15H2,1H3,(H,23,24)/t16-,19-,20?/m0/s1. The van der Waals surface area contributed by atoms with Gasteiger partial charge in [0.05, 0.1) is 6.04 Å².